The molecule has 4 rings (SSSR count). The van der Waals surface area contributed by atoms with Gasteiger partial charge in [-0.1, -0.05) is 18.2 Å². The Bertz CT molecular complexity index is 715. The van der Waals surface area contributed by atoms with Crippen molar-refractivity contribution < 1.29 is 4.42 Å². The second kappa shape index (κ2) is 4.17. The van der Waals surface area contributed by atoms with Gasteiger partial charge in [0, 0.05) is 36.7 Å². The molecule has 1 aromatic carbocycles. The molecule has 3 heterocycles. The van der Waals surface area contributed by atoms with Gasteiger partial charge in [-0.2, -0.15) is 0 Å². The van der Waals surface area contributed by atoms with E-state index >= 15 is 0 Å². The fourth-order valence-corrected chi connectivity index (χ4v) is 2.45. The van der Waals surface area contributed by atoms with Gasteiger partial charge in [-0.3, -0.25) is 0 Å². The third-order valence-corrected chi connectivity index (χ3v) is 3.45. The Morgan fingerprint density at radius 1 is 1.21 bits per heavy atom. The quantitative estimate of drug-likeness (QED) is 0.722. The second-order valence-corrected chi connectivity index (χ2v) is 4.74. The third-order valence-electron chi connectivity index (χ3n) is 3.45. The van der Waals surface area contributed by atoms with Crippen molar-refractivity contribution in [3.05, 3.63) is 47.8 Å². The highest BCUT2D eigenvalue weighted by Gasteiger charge is 2.14. The summed E-state index contributed by atoms with van der Waals surface area (Å²) in [6.07, 6.45) is 2.85. The summed E-state index contributed by atoms with van der Waals surface area (Å²) >= 11 is 0. The molecule has 0 atom stereocenters. The van der Waals surface area contributed by atoms with Crippen LogP contribution < -0.4 is 5.32 Å². The molecule has 0 fully saturated rings. The maximum Gasteiger partial charge on any atom is 0.195 e. The van der Waals surface area contributed by atoms with Crippen molar-refractivity contribution in [3.8, 4) is 11.6 Å². The van der Waals surface area contributed by atoms with Crippen molar-refractivity contribution in [2.24, 2.45) is 0 Å². The third kappa shape index (κ3) is 1.81. The fourth-order valence-electron chi connectivity index (χ4n) is 2.45. The lowest BCUT2D eigenvalue weighted by molar-refractivity contribution is 0.610. The van der Waals surface area contributed by atoms with Gasteiger partial charge < -0.3 is 9.73 Å². The van der Waals surface area contributed by atoms with Crippen LogP contribution >= 0.6 is 0 Å². The van der Waals surface area contributed by atoms with Crippen LogP contribution in [0.4, 0.5) is 0 Å². The predicted molar refractivity (Wildman–Crippen MR) is 72.7 cm³/mol. The maximum atomic E-state index is 5.80. The minimum atomic E-state index is 0.678. The zero-order valence-electron chi connectivity index (χ0n) is 10.4. The molecular weight excluding hydrogens is 238 g/mol. The number of rotatable bonds is 1. The minimum Gasteiger partial charge on any atom is -0.453 e. The Morgan fingerprint density at radius 2 is 2.16 bits per heavy atom. The van der Waals surface area contributed by atoms with Gasteiger partial charge in [0.25, 0.3) is 0 Å². The van der Waals surface area contributed by atoms with Crippen molar-refractivity contribution in [3.63, 3.8) is 0 Å². The number of hydrogen-bond acceptors (Lipinski definition) is 4. The van der Waals surface area contributed by atoms with E-state index in [0.29, 0.717) is 5.82 Å². The molecule has 2 aromatic heterocycles. The van der Waals surface area contributed by atoms with Gasteiger partial charge in [0.15, 0.2) is 11.6 Å². The number of aromatic nitrogens is 2. The van der Waals surface area contributed by atoms with Gasteiger partial charge in [-0.05, 0) is 12.1 Å². The number of benzene rings is 1. The molecule has 0 bridgehead atoms. The van der Waals surface area contributed by atoms with E-state index in [-0.39, 0.29) is 0 Å². The van der Waals surface area contributed by atoms with Crippen LogP contribution in [0.3, 0.4) is 0 Å². The van der Waals surface area contributed by atoms with Crippen LogP contribution in [-0.2, 0) is 13.0 Å². The van der Waals surface area contributed by atoms with E-state index in [1.807, 2.05) is 36.5 Å². The van der Waals surface area contributed by atoms with E-state index in [1.165, 1.54) is 5.56 Å². The van der Waals surface area contributed by atoms with Gasteiger partial charge in [0.2, 0.25) is 0 Å². The van der Waals surface area contributed by atoms with E-state index < -0.39 is 0 Å². The highest BCUT2D eigenvalue weighted by atomic mass is 16.3. The highest BCUT2D eigenvalue weighted by molar-refractivity contribution is 5.81. The molecule has 0 spiro atoms. The van der Waals surface area contributed by atoms with Gasteiger partial charge in [0.05, 0.1) is 5.69 Å². The summed E-state index contributed by atoms with van der Waals surface area (Å²) in [6.45, 7) is 1.83. The zero-order chi connectivity index (χ0) is 12.7. The molecule has 4 nitrogen and oxygen atoms in total. The van der Waals surface area contributed by atoms with Crippen LogP contribution in [0, 0.1) is 0 Å². The van der Waals surface area contributed by atoms with E-state index in [2.05, 4.69) is 15.3 Å². The number of nitrogens with zero attached hydrogens (tertiary/aromatic N) is 2. The lowest BCUT2D eigenvalue weighted by Crippen LogP contribution is -2.24. The first kappa shape index (κ1) is 10.7. The number of hydrogen-bond donors (Lipinski definition) is 1. The summed E-state index contributed by atoms with van der Waals surface area (Å²) in [6, 6.07) is 9.96. The van der Waals surface area contributed by atoms with Gasteiger partial charge >= 0.3 is 0 Å². The van der Waals surface area contributed by atoms with E-state index in [0.717, 1.165) is 41.9 Å². The van der Waals surface area contributed by atoms with Crippen molar-refractivity contribution >= 4 is 11.0 Å². The average molecular weight is 251 g/mol. The first-order valence-electron chi connectivity index (χ1n) is 6.44. The van der Waals surface area contributed by atoms with E-state index in [4.69, 9.17) is 4.42 Å². The number of para-hydroxylation sites is 1. The SMILES string of the molecule is c1ccc2oc(-c3ncc4c(n3)CCNC4)cc2c1. The molecule has 0 unspecified atom stereocenters. The minimum absolute atomic E-state index is 0.678. The Kier molecular flexibility index (Phi) is 2.35. The fraction of sp³-hybridized carbons (Fsp3) is 0.200. The Morgan fingerprint density at radius 3 is 3.11 bits per heavy atom. The maximum absolute atomic E-state index is 5.80. The Balaban J connectivity index is 1.83. The summed E-state index contributed by atoms with van der Waals surface area (Å²) in [5.41, 5.74) is 3.19. The van der Waals surface area contributed by atoms with Crippen molar-refractivity contribution in [2.75, 3.05) is 6.54 Å². The lowest BCUT2D eigenvalue weighted by atomic mass is 10.1. The van der Waals surface area contributed by atoms with Crippen LogP contribution in [0.25, 0.3) is 22.6 Å². The monoisotopic (exact) mass is 251 g/mol. The Hall–Kier alpha value is -2.20. The van der Waals surface area contributed by atoms with Gasteiger partial charge in [-0.15, -0.1) is 0 Å². The first-order chi connectivity index (χ1) is 9.40. The van der Waals surface area contributed by atoms with Crippen molar-refractivity contribution in [2.45, 2.75) is 13.0 Å². The zero-order valence-corrected chi connectivity index (χ0v) is 10.4. The molecule has 0 aliphatic carbocycles. The molecule has 1 aliphatic rings. The molecule has 0 saturated heterocycles. The second-order valence-electron chi connectivity index (χ2n) is 4.74. The van der Waals surface area contributed by atoms with Crippen LogP contribution in [0.5, 0.6) is 0 Å². The molecule has 19 heavy (non-hydrogen) atoms. The van der Waals surface area contributed by atoms with Crippen molar-refractivity contribution in [1.82, 2.24) is 15.3 Å². The lowest BCUT2D eigenvalue weighted by Gasteiger charge is -2.15. The van der Waals surface area contributed by atoms with Gasteiger partial charge in [0.1, 0.15) is 5.58 Å². The van der Waals surface area contributed by atoms with Gasteiger partial charge in [-0.25, -0.2) is 9.97 Å². The molecule has 94 valence electrons. The van der Waals surface area contributed by atoms with Crippen LogP contribution in [0.1, 0.15) is 11.3 Å². The summed E-state index contributed by atoms with van der Waals surface area (Å²) in [5, 5.41) is 4.40. The number of fused-ring (bicyclic) bond motifs is 2. The molecule has 0 amide bonds. The molecule has 1 N–H and O–H groups in total. The first-order valence-corrected chi connectivity index (χ1v) is 6.44. The molecule has 0 radical (unpaired) electrons. The molecule has 3 aromatic rings. The largest absolute Gasteiger partial charge is 0.453 e. The summed E-state index contributed by atoms with van der Waals surface area (Å²) < 4.78 is 5.80. The van der Waals surface area contributed by atoms with E-state index in [1.54, 1.807) is 0 Å². The van der Waals surface area contributed by atoms with Crippen LogP contribution in [0.15, 0.2) is 40.9 Å². The molecular formula is C15H13N3O. The standard InChI is InChI=1S/C15H13N3O/c1-2-4-13-10(3-1)7-14(19-13)15-17-9-11-8-16-6-5-12(11)18-15/h1-4,7,9,16H,5-6,8H2. The molecule has 0 saturated carbocycles. The summed E-state index contributed by atoms with van der Waals surface area (Å²) in [5.74, 6) is 1.42. The van der Waals surface area contributed by atoms with Crippen molar-refractivity contribution in [1.29, 1.82) is 0 Å². The van der Waals surface area contributed by atoms with Crippen LogP contribution in [-0.4, -0.2) is 16.5 Å². The van der Waals surface area contributed by atoms with Crippen LogP contribution in [0.2, 0.25) is 0 Å². The highest BCUT2D eigenvalue weighted by Crippen LogP contribution is 2.26. The molecule has 4 heteroatoms. The predicted octanol–water partition coefficient (Wildman–Crippen LogP) is 2.54. The smallest absolute Gasteiger partial charge is 0.195 e. The summed E-state index contributed by atoms with van der Waals surface area (Å²) in [4.78, 5) is 9.05. The number of furan rings is 1. The Labute approximate surface area is 110 Å². The normalized spacial score (nSPS) is 14.5. The molecule has 1 aliphatic heterocycles. The average Bonchev–Trinajstić information content (AvgIpc) is 2.90. The topological polar surface area (TPSA) is 51.0 Å². The summed E-state index contributed by atoms with van der Waals surface area (Å²) in [7, 11) is 0. The number of nitrogens with one attached hydrogen (secondary N) is 1. The van der Waals surface area contributed by atoms with E-state index in [9.17, 15) is 0 Å².